The van der Waals surface area contributed by atoms with Crippen LogP contribution in [0.4, 0.5) is 11.4 Å². The normalized spacial score (nSPS) is 17.3. The van der Waals surface area contributed by atoms with E-state index in [2.05, 4.69) is 69.8 Å². The summed E-state index contributed by atoms with van der Waals surface area (Å²) in [5, 5.41) is 6.65. The molecule has 4 heterocycles. The molecule has 0 spiro atoms. The maximum atomic E-state index is 4.94. The number of benzene rings is 2. The number of hydrogen-bond donors (Lipinski definition) is 2. The van der Waals surface area contributed by atoms with Crippen molar-refractivity contribution >= 4 is 34.8 Å². The van der Waals surface area contributed by atoms with Gasteiger partial charge in [0.2, 0.25) is 5.96 Å². The molecule has 8 heteroatoms. The molecule has 2 aromatic carbocycles. The Morgan fingerprint density at radius 2 is 1.46 bits per heavy atom. The molecule has 0 radical (unpaired) electrons. The first-order valence-electron chi connectivity index (χ1n) is 12.9. The highest BCUT2D eigenvalue weighted by molar-refractivity contribution is 6.26. The lowest BCUT2D eigenvalue weighted by Crippen LogP contribution is -2.41. The van der Waals surface area contributed by atoms with Crippen molar-refractivity contribution in [3.8, 4) is 5.69 Å². The van der Waals surface area contributed by atoms with Gasteiger partial charge in [-0.2, -0.15) is 9.98 Å². The maximum Gasteiger partial charge on any atom is 0.241 e. The number of hydrogen-bond acceptors (Lipinski definition) is 7. The van der Waals surface area contributed by atoms with Crippen LogP contribution >= 0.6 is 0 Å². The fourth-order valence-electron chi connectivity index (χ4n) is 5.11. The van der Waals surface area contributed by atoms with E-state index in [1.54, 1.807) is 0 Å². The van der Waals surface area contributed by atoms with Gasteiger partial charge in [-0.1, -0.05) is 36.4 Å². The van der Waals surface area contributed by atoms with Crippen LogP contribution in [-0.2, 0) is 0 Å². The first kappa shape index (κ1) is 22.9. The second kappa shape index (κ2) is 9.25. The molecule has 190 valence electrons. The minimum Gasteiger partial charge on any atom is -0.388 e. The molecule has 4 aliphatic rings. The van der Waals surface area contributed by atoms with Crippen LogP contribution in [0.1, 0.15) is 22.6 Å². The van der Waals surface area contributed by atoms with E-state index in [1.165, 1.54) is 5.56 Å². The molecule has 2 N–H and O–H groups in total. The lowest BCUT2D eigenvalue weighted by molar-refractivity contribution is 0.711. The summed E-state index contributed by atoms with van der Waals surface area (Å²) < 4.78 is 2.07. The Morgan fingerprint density at radius 1 is 0.744 bits per heavy atom. The van der Waals surface area contributed by atoms with Gasteiger partial charge in [-0.25, -0.2) is 14.9 Å². The summed E-state index contributed by atoms with van der Waals surface area (Å²) in [4.78, 5) is 21.5. The van der Waals surface area contributed by atoms with Crippen molar-refractivity contribution in [1.29, 1.82) is 0 Å². The summed E-state index contributed by atoms with van der Waals surface area (Å²) in [6.45, 7) is 0. The highest BCUT2D eigenvalue weighted by Gasteiger charge is 2.32. The number of anilines is 2. The molecule has 3 aliphatic heterocycles. The predicted octanol–water partition coefficient (Wildman–Crippen LogP) is 5.46. The SMILES string of the molecule is CNc1cc(-n2cccc2)ccc1C1=NC2=CC=CC3=NC(c4ccc(C5C=CC=C5)cc4NC)=NC(=N1)N23. The van der Waals surface area contributed by atoms with E-state index < -0.39 is 0 Å². The zero-order valence-electron chi connectivity index (χ0n) is 21.6. The van der Waals surface area contributed by atoms with Crippen LogP contribution in [0.25, 0.3) is 5.69 Å². The molecular weight excluding hydrogens is 484 g/mol. The monoisotopic (exact) mass is 510 g/mol. The first-order chi connectivity index (χ1) is 19.2. The van der Waals surface area contributed by atoms with Crippen LogP contribution < -0.4 is 10.6 Å². The Morgan fingerprint density at radius 3 is 2.23 bits per heavy atom. The smallest absolute Gasteiger partial charge is 0.241 e. The van der Waals surface area contributed by atoms with E-state index >= 15 is 0 Å². The van der Waals surface area contributed by atoms with Gasteiger partial charge >= 0.3 is 0 Å². The van der Waals surface area contributed by atoms with Crippen molar-refractivity contribution in [2.24, 2.45) is 20.0 Å². The number of allylic oxidation sites excluding steroid dienone is 6. The van der Waals surface area contributed by atoms with E-state index in [0.717, 1.165) is 39.8 Å². The van der Waals surface area contributed by atoms with Crippen LogP contribution in [-0.4, -0.2) is 47.0 Å². The Kier molecular flexibility index (Phi) is 5.44. The second-order valence-electron chi connectivity index (χ2n) is 9.39. The highest BCUT2D eigenvalue weighted by Crippen LogP contribution is 2.31. The third-order valence-electron chi connectivity index (χ3n) is 7.10. The topological polar surface area (TPSA) is 81.7 Å². The standard InChI is InChI=1S/C31H26N8/c1-32-25-18-21(20-8-3-4-9-20)12-14-23(25)29-34-27-10-7-11-28-35-30(37-31(36-29)39(27)28)24-15-13-22(19-26(24)33-2)38-16-5-6-17-38/h3-20,32-33H,1-2H3. The molecule has 0 bridgehead atoms. The summed E-state index contributed by atoms with van der Waals surface area (Å²) in [7, 11) is 3.83. The zero-order chi connectivity index (χ0) is 26.3. The van der Waals surface area contributed by atoms with Gasteiger partial charge in [0.15, 0.2) is 11.7 Å². The molecule has 0 saturated heterocycles. The van der Waals surface area contributed by atoms with Crippen LogP contribution in [0, 0.1) is 0 Å². The predicted molar refractivity (Wildman–Crippen MR) is 159 cm³/mol. The fraction of sp³-hybridized carbons (Fsp3) is 0.0968. The number of aliphatic imine (C=N–C) groups is 4. The lowest BCUT2D eigenvalue weighted by atomic mass is 9.97. The molecule has 0 fully saturated rings. The quantitative estimate of drug-likeness (QED) is 0.462. The summed E-state index contributed by atoms with van der Waals surface area (Å²) in [6, 6.07) is 16.6. The van der Waals surface area contributed by atoms with Gasteiger partial charge in [-0.15, -0.1) is 0 Å². The van der Waals surface area contributed by atoms with Gasteiger partial charge in [-0.05, 0) is 60.2 Å². The minimum atomic E-state index is 0.280. The molecule has 0 saturated carbocycles. The fourth-order valence-corrected chi connectivity index (χ4v) is 5.11. The Labute approximate surface area is 226 Å². The molecule has 1 aromatic heterocycles. The van der Waals surface area contributed by atoms with Crippen LogP contribution in [0.15, 0.2) is 129 Å². The average Bonchev–Trinajstić information content (AvgIpc) is 3.72. The molecule has 3 aromatic rings. The maximum absolute atomic E-state index is 4.94. The summed E-state index contributed by atoms with van der Waals surface area (Å²) in [5.41, 5.74) is 5.99. The van der Waals surface area contributed by atoms with Crippen LogP contribution in [0.2, 0.25) is 0 Å². The van der Waals surface area contributed by atoms with E-state index in [-0.39, 0.29) is 5.92 Å². The Balaban J connectivity index is 1.30. The number of amidine groups is 3. The van der Waals surface area contributed by atoms with E-state index in [0.29, 0.717) is 17.6 Å². The van der Waals surface area contributed by atoms with Crippen molar-refractivity contribution in [2.45, 2.75) is 5.92 Å². The lowest BCUT2D eigenvalue weighted by Gasteiger charge is -2.31. The van der Waals surface area contributed by atoms with Crippen molar-refractivity contribution < 1.29 is 0 Å². The first-order valence-corrected chi connectivity index (χ1v) is 12.9. The molecule has 0 amide bonds. The van der Waals surface area contributed by atoms with Crippen LogP contribution in [0.3, 0.4) is 0 Å². The molecular formula is C31H26N8. The zero-order valence-corrected chi connectivity index (χ0v) is 21.6. The minimum absolute atomic E-state index is 0.280. The van der Waals surface area contributed by atoms with E-state index in [9.17, 15) is 0 Å². The number of aromatic nitrogens is 1. The van der Waals surface area contributed by atoms with Gasteiger partial charge < -0.3 is 15.2 Å². The second-order valence-corrected chi connectivity index (χ2v) is 9.39. The van der Waals surface area contributed by atoms with Gasteiger partial charge in [0.05, 0.1) is 0 Å². The largest absolute Gasteiger partial charge is 0.388 e. The van der Waals surface area contributed by atoms with Crippen molar-refractivity contribution in [1.82, 2.24) is 9.47 Å². The molecule has 1 aliphatic carbocycles. The third kappa shape index (κ3) is 3.93. The summed E-state index contributed by atoms with van der Waals surface area (Å²) >= 11 is 0. The molecule has 8 nitrogen and oxygen atoms in total. The molecule has 0 unspecified atom stereocenters. The number of guanidine groups is 1. The molecule has 0 atom stereocenters. The van der Waals surface area contributed by atoms with Crippen molar-refractivity contribution in [3.63, 3.8) is 0 Å². The molecule has 39 heavy (non-hydrogen) atoms. The van der Waals surface area contributed by atoms with Gasteiger partial charge in [0.25, 0.3) is 0 Å². The Hall–Kier alpha value is -5.24. The van der Waals surface area contributed by atoms with Gasteiger partial charge in [0.1, 0.15) is 11.7 Å². The highest BCUT2D eigenvalue weighted by atomic mass is 15.4. The summed E-state index contributed by atoms with van der Waals surface area (Å²) in [6.07, 6.45) is 18.5. The van der Waals surface area contributed by atoms with Crippen molar-refractivity contribution in [2.75, 3.05) is 24.7 Å². The van der Waals surface area contributed by atoms with Crippen molar-refractivity contribution in [3.05, 3.63) is 126 Å². The van der Waals surface area contributed by atoms with Gasteiger partial charge in [-0.3, -0.25) is 0 Å². The number of nitrogens with zero attached hydrogens (tertiary/aromatic N) is 6. The summed E-state index contributed by atoms with van der Waals surface area (Å²) in [5.74, 6) is 3.50. The number of nitrogens with one attached hydrogen (secondary N) is 2. The van der Waals surface area contributed by atoms with Crippen LogP contribution in [0.5, 0.6) is 0 Å². The van der Waals surface area contributed by atoms with E-state index in [1.807, 2.05) is 67.8 Å². The molecule has 7 rings (SSSR count). The third-order valence-corrected chi connectivity index (χ3v) is 7.10. The van der Waals surface area contributed by atoms with Gasteiger partial charge in [0, 0.05) is 60.6 Å². The van der Waals surface area contributed by atoms with E-state index in [4.69, 9.17) is 20.0 Å². The average molecular weight is 511 g/mol. The number of rotatable bonds is 6. The Bertz CT molecular complexity index is 1720.